The summed E-state index contributed by atoms with van der Waals surface area (Å²) in [6, 6.07) is 9.75. The predicted molar refractivity (Wildman–Crippen MR) is 85.3 cm³/mol. The largest absolute Gasteiger partial charge is 0.449 e. The maximum Gasteiger partial charge on any atom is 0.415 e. The van der Waals surface area contributed by atoms with Crippen LogP contribution in [0.2, 0.25) is 0 Å². The van der Waals surface area contributed by atoms with Gasteiger partial charge in [-0.15, -0.1) is 0 Å². The van der Waals surface area contributed by atoms with Gasteiger partial charge in [-0.3, -0.25) is 9.69 Å². The van der Waals surface area contributed by atoms with Gasteiger partial charge in [0, 0.05) is 23.6 Å². The Bertz CT molecular complexity index is 669. The molecule has 1 N–H and O–H groups in total. The third-order valence-electron chi connectivity index (χ3n) is 3.84. The van der Waals surface area contributed by atoms with Gasteiger partial charge in [-0.1, -0.05) is 42.5 Å². The van der Waals surface area contributed by atoms with E-state index in [0.29, 0.717) is 17.1 Å². The number of hydrogen-bond acceptors (Lipinski definition) is 4. The van der Waals surface area contributed by atoms with Crippen molar-refractivity contribution in [2.75, 3.05) is 13.2 Å². The van der Waals surface area contributed by atoms with Crippen LogP contribution < -0.4 is 5.32 Å². The van der Waals surface area contributed by atoms with Crippen LogP contribution in [-0.4, -0.2) is 35.0 Å². The highest BCUT2D eigenvalue weighted by Gasteiger charge is 2.40. The number of rotatable bonds is 2. The molecule has 1 aromatic rings. The lowest BCUT2D eigenvalue weighted by Crippen LogP contribution is -2.34. The second-order valence-corrected chi connectivity index (χ2v) is 5.58. The molecule has 0 radical (unpaired) electrons. The van der Waals surface area contributed by atoms with Gasteiger partial charge in [0.15, 0.2) is 0 Å². The molecule has 2 amide bonds. The smallest absolute Gasteiger partial charge is 0.415 e. The number of carbonyl (C=O) groups excluding carboxylic acids is 2. The molecule has 0 spiro atoms. The fourth-order valence-corrected chi connectivity index (χ4v) is 3.29. The van der Waals surface area contributed by atoms with E-state index in [4.69, 9.17) is 17.0 Å². The molecule has 1 atom stereocenters. The molecule has 0 aliphatic carbocycles. The molecule has 0 fully saturated rings. The van der Waals surface area contributed by atoms with Crippen molar-refractivity contribution in [2.45, 2.75) is 19.3 Å². The summed E-state index contributed by atoms with van der Waals surface area (Å²) in [7, 11) is 0. The van der Waals surface area contributed by atoms with E-state index in [1.54, 1.807) is 6.92 Å². The first-order valence-corrected chi connectivity index (χ1v) is 7.59. The van der Waals surface area contributed by atoms with Gasteiger partial charge < -0.3 is 10.1 Å². The Morgan fingerprint density at radius 3 is 2.82 bits per heavy atom. The van der Waals surface area contributed by atoms with Crippen LogP contribution >= 0.6 is 12.2 Å². The highest BCUT2D eigenvalue weighted by molar-refractivity contribution is 7.80. The number of ether oxygens (including phenoxy) is 1. The van der Waals surface area contributed by atoms with Crippen molar-refractivity contribution >= 4 is 29.2 Å². The highest BCUT2D eigenvalue weighted by Crippen LogP contribution is 2.37. The fraction of sp³-hybridized carbons (Fsp3) is 0.312. The quantitative estimate of drug-likeness (QED) is 0.851. The Hall–Kier alpha value is -2.21. The maximum absolute atomic E-state index is 12.0. The monoisotopic (exact) mass is 316 g/mol. The predicted octanol–water partition coefficient (Wildman–Crippen LogP) is 2.34. The van der Waals surface area contributed by atoms with E-state index in [9.17, 15) is 9.59 Å². The third-order valence-corrected chi connectivity index (χ3v) is 4.28. The van der Waals surface area contributed by atoms with E-state index in [2.05, 4.69) is 5.32 Å². The number of thiocarbonyl (C=S) groups is 1. The third kappa shape index (κ3) is 2.50. The Morgan fingerprint density at radius 2 is 2.14 bits per heavy atom. The van der Waals surface area contributed by atoms with E-state index in [0.717, 1.165) is 11.1 Å². The van der Waals surface area contributed by atoms with Crippen molar-refractivity contribution < 1.29 is 14.3 Å². The lowest BCUT2D eigenvalue weighted by Gasteiger charge is -2.24. The summed E-state index contributed by atoms with van der Waals surface area (Å²) >= 11 is 5.46. The van der Waals surface area contributed by atoms with Crippen LogP contribution in [0.4, 0.5) is 4.79 Å². The topological polar surface area (TPSA) is 58.6 Å². The van der Waals surface area contributed by atoms with Crippen LogP contribution in [0.25, 0.3) is 0 Å². The first-order valence-electron chi connectivity index (χ1n) is 7.18. The average molecular weight is 316 g/mol. The molecule has 114 valence electrons. The molecule has 2 aliphatic rings. The van der Waals surface area contributed by atoms with Gasteiger partial charge in [-0.2, -0.15) is 0 Å². The molecule has 0 aromatic heterocycles. The van der Waals surface area contributed by atoms with E-state index >= 15 is 0 Å². The summed E-state index contributed by atoms with van der Waals surface area (Å²) in [4.78, 5) is 25.8. The zero-order valence-electron chi connectivity index (χ0n) is 12.2. The Morgan fingerprint density at radius 1 is 1.41 bits per heavy atom. The van der Waals surface area contributed by atoms with Crippen LogP contribution in [0.1, 0.15) is 24.8 Å². The summed E-state index contributed by atoms with van der Waals surface area (Å²) < 4.78 is 5.03. The highest BCUT2D eigenvalue weighted by atomic mass is 32.1. The summed E-state index contributed by atoms with van der Waals surface area (Å²) in [5.41, 5.74) is 2.59. The van der Waals surface area contributed by atoms with Gasteiger partial charge in [-0.05, 0) is 12.5 Å². The number of nitrogens with one attached hydrogen (secondary N) is 1. The molecule has 0 bridgehead atoms. The first kappa shape index (κ1) is 14.7. The van der Waals surface area contributed by atoms with E-state index in [-0.39, 0.29) is 25.0 Å². The molecule has 5 nitrogen and oxygen atoms in total. The number of amides is 2. The van der Waals surface area contributed by atoms with Gasteiger partial charge >= 0.3 is 6.09 Å². The zero-order valence-corrected chi connectivity index (χ0v) is 13.0. The van der Waals surface area contributed by atoms with Crippen molar-refractivity contribution in [3.8, 4) is 0 Å². The van der Waals surface area contributed by atoms with Crippen LogP contribution in [0.5, 0.6) is 0 Å². The molecular formula is C16H16N2O3S. The maximum atomic E-state index is 12.0. The van der Waals surface area contributed by atoms with Crippen LogP contribution in [-0.2, 0) is 9.53 Å². The van der Waals surface area contributed by atoms with Crippen molar-refractivity contribution in [1.29, 1.82) is 0 Å². The van der Waals surface area contributed by atoms with Gasteiger partial charge in [0.1, 0.15) is 4.99 Å². The van der Waals surface area contributed by atoms with E-state index in [1.165, 1.54) is 4.90 Å². The molecule has 3 rings (SSSR count). The van der Waals surface area contributed by atoms with Gasteiger partial charge in [-0.25, -0.2) is 4.79 Å². The van der Waals surface area contributed by atoms with Crippen LogP contribution in [0.3, 0.4) is 0 Å². The normalized spacial score (nSPS) is 20.8. The molecule has 2 heterocycles. The number of hydrogen-bond donors (Lipinski definition) is 1. The molecule has 0 saturated heterocycles. The molecule has 6 heteroatoms. The zero-order chi connectivity index (χ0) is 15.7. The van der Waals surface area contributed by atoms with Crippen LogP contribution in [0.15, 0.2) is 41.6 Å². The Kier molecular flexibility index (Phi) is 3.94. The Balaban J connectivity index is 1.94. The van der Waals surface area contributed by atoms with Gasteiger partial charge in [0.05, 0.1) is 13.2 Å². The number of benzene rings is 1. The molecule has 1 aromatic carbocycles. The summed E-state index contributed by atoms with van der Waals surface area (Å²) in [5.74, 6) is -0.169. The molecule has 2 aliphatic heterocycles. The average Bonchev–Trinajstić information content (AvgIpc) is 2.84. The van der Waals surface area contributed by atoms with Crippen molar-refractivity contribution in [1.82, 2.24) is 10.2 Å². The summed E-state index contributed by atoms with van der Waals surface area (Å²) in [6.45, 7) is 2.30. The second-order valence-electron chi connectivity index (χ2n) is 5.20. The van der Waals surface area contributed by atoms with Crippen molar-refractivity contribution in [3.05, 3.63) is 47.2 Å². The standard InChI is InChI=1S/C16H16N2O3S/c1-2-21-16(20)18-9-12-14(15(18)22)11(8-13(19)17-12)10-6-4-3-5-7-10/h3-7,11H,2,8-9H2,1H3,(H,17,19). The summed E-state index contributed by atoms with van der Waals surface area (Å²) in [5, 5.41) is 2.84. The Labute approximate surface area is 133 Å². The van der Waals surface area contributed by atoms with Gasteiger partial charge in [0.25, 0.3) is 0 Å². The molecule has 0 saturated carbocycles. The van der Waals surface area contributed by atoms with Crippen LogP contribution in [0, 0.1) is 0 Å². The minimum Gasteiger partial charge on any atom is -0.449 e. The van der Waals surface area contributed by atoms with Crippen molar-refractivity contribution in [2.24, 2.45) is 0 Å². The number of carbonyl (C=O) groups is 2. The molecular weight excluding hydrogens is 300 g/mol. The number of nitrogens with zero attached hydrogens (tertiary/aromatic N) is 1. The lowest BCUT2D eigenvalue weighted by atomic mass is 9.85. The minimum atomic E-state index is -0.469. The minimum absolute atomic E-state index is 0.0545. The fourth-order valence-electron chi connectivity index (χ4n) is 2.88. The molecule has 22 heavy (non-hydrogen) atoms. The summed E-state index contributed by atoms with van der Waals surface area (Å²) in [6.07, 6.45) is -0.136. The van der Waals surface area contributed by atoms with E-state index in [1.807, 2.05) is 30.3 Å². The van der Waals surface area contributed by atoms with E-state index < -0.39 is 6.09 Å². The van der Waals surface area contributed by atoms with Gasteiger partial charge in [0.2, 0.25) is 5.91 Å². The molecule has 1 unspecified atom stereocenters. The van der Waals surface area contributed by atoms with Crippen molar-refractivity contribution in [3.63, 3.8) is 0 Å². The lowest BCUT2D eigenvalue weighted by molar-refractivity contribution is -0.121. The first-order chi connectivity index (χ1) is 10.6. The SMILES string of the molecule is CCOC(=O)N1CC2=C(C1=S)C(c1ccccc1)CC(=O)N2. The second kappa shape index (κ2) is 5.88.